The zero-order valence-corrected chi connectivity index (χ0v) is 13.4. The molecule has 2 atom stereocenters. The van der Waals surface area contributed by atoms with Gasteiger partial charge in [0.1, 0.15) is 6.33 Å². The minimum atomic E-state index is 0.109. The molecule has 0 amide bonds. The molecule has 0 aliphatic rings. The molecule has 0 spiro atoms. The molecule has 0 aliphatic carbocycles. The van der Waals surface area contributed by atoms with Gasteiger partial charge in [0.05, 0.1) is 9.04 Å². The van der Waals surface area contributed by atoms with Crippen LogP contribution in [0.5, 0.6) is 0 Å². The van der Waals surface area contributed by atoms with E-state index in [4.69, 9.17) is 5.73 Å². The highest BCUT2D eigenvalue weighted by molar-refractivity contribution is 9.11. The Hall–Kier alpha value is -0.370. The van der Waals surface area contributed by atoms with Crippen LogP contribution in [0.4, 0.5) is 0 Å². The lowest BCUT2D eigenvalue weighted by Crippen LogP contribution is -2.25. The van der Waals surface area contributed by atoms with Crippen LogP contribution in [0, 0.1) is 0 Å². The average Bonchev–Trinajstić information content (AvgIpc) is 2.94. The molecular formula is C11H15BrN4S2. The second kappa shape index (κ2) is 6.18. The lowest BCUT2D eigenvalue weighted by atomic mass is 10.1. The molecule has 2 unspecified atom stereocenters. The fourth-order valence-corrected chi connectivity index (χ4v) is 4.41. The van der Waals surface area contributed by atoms with Crippen molar-refractivity contribution < 1.29 is 0 Å². The van der Waals surface area contributed by atoms with E-state index in [9.17, 15) is 0 Å². The van der Waals surface area contributed by atoms with Crippen molar-refractivity contribution in [1.82, 2.24) is 14.8 Å². The van der Waals surface area contributed by atoms with Crippen LogP contribution in [0.25, 0.3) is 0 Å². The zero-order chi connectivity index (χ0) is 13.1. The first kappa shape index (κ1) is 14.0. The van der Waals surface area contributed by atoms with E-state index in [1.165, 1.54) is 4.88 Å². The zero-order valence-electron chi connectivity index (χ0n) is 10.2. The maximum Gasteiger partial charge on any atom is 0.191 e. The first-order valence-electron chi connectivity index (χ1n) is 5.63. The van der Waals surface area contributed by atoms with Crippen molar-refractivity contribution in [3.63, 3.8) is 0 Å². The van der Waals surface area contributed by atoms with E-state index in [1.54, 1.807) is 29.4 Å². The predicted molar refractivity (Wildman–Crippen MR) is 79.9 cm³/mol. The molecule has 2 heterocycles. The van der Waals surface area contributed by atoms with Gasteiger partial charge in [-0.15, -0.1) is 21.5 Å². The van der Waals surface area contributed by atoms with Gasteiger partial charge in [-0.1, -0.05) is 18.7 Å². The van der Waals surface area contributed by atoms with Crippen LogP contribution < -0.4 is 5.73 Å². The Morgan fingerprint density at radius 2 is 2.33 bits per heavy atom. The van der Waals surface area contributed by atoms with Gasteiger partial charge in [-0.05, 0) is 34.5 Å². The van der Waals surface area contributed by atoms with E-state index in [-0.39, 0.29) is 11.3 Å². The number of hydrogen-bond acceptors (Lipinski definition) is 5. The summed E-state index contributed by atoms with van der Waals surface area (Å²) in [5.41, 5.74) is 6.24. The molecule has 0 aromatic carbocycles. The second-order valence-corrected chi connectivity index (χ2v) is 7.58. The third-order valence-electron chi connectivity index (χ3n) is 2.64. The highest BCUT2D eigenvalue weighted by atomic mass is 79.9. The van der Waals surface area contributed by atoms with Crippen LogP contribution in [-0.2, 0) is 7.05 Å². The summed E-state index contributed by atoms with van der Waals surface area (Å²) in [4.78, 5) is 1.27. The number of hydrogen-bond donors (Lipinski definition) is 1. The summed E-state index contributed by atoms with van der Waals surface area (Å²) in [7, 11) is 1.95. The molecule has 0 aliphatic heterocycles. The van der Waals surface area contributed by atoms with Crippen LogP contribution in [-0.4, -0.2) is 20.8 Å². The van der Waals surface area contributed by atoms with Gasteiger partial charge in [0.2, 0.25) is 0 Å². The molecule has 98 valence electrons. The molecule has 7 heteroatoms. The molecule has 2 aromatic heterocycles. The van der Waals surface area contributed by atoms with Gasteiger partial charge in [0.25, 0.3) is 0 Å². The summed E-state index contributed by atoms with van der Waals surface area (Å²) < 4.78 is 3.05. The Balaban J connectivity index is 2.23. The average molecular weight is 347 g/mol. The van der Waals surface area contributed by atoms with Crippen LogP contribution in [0.3, 0.4) is 0 Å². The van der Waals surface area contributed by atoms with Crippen LogP contribution in [0.15, 0.2) is 27.4 Å². The molecule has 2 rings (SSSR count). The number of rotatable bonds is 5. The van der Waals surface area contributed by atoms with Gasteiger partial charge in [0.15, 0.2) is 5.16 Å². The molecule has 0 saturated heterocycles. The molecule has 4 nitrogen and oxygen atoms in total. The summed E-state index contributed by atoms with van der Waals surface area (Å²) in [6, 6.07) is 4.29. The summed E-state index contributed by atoms with van der Waals surface area (Å²) >= 11 is 6.90. The number of nitrogens with zero attached hydrogens (tertiary/aromatic N) is 3. The van der Waals surface area contributed by atoms with Crippen molar-refractivity contribution in [3.8, 4) is 0 Å². The minimum absolute atomic E-state index is 0.109. The van der Waals surface area contributed by atoms with Gasteiger partial charge in [-0.2, -0.15) is 0 Å². The maximum atomic E-state index is 6.24. The van der Waals surface area contributed by atoms with E-state index < -0.39 is 0 Å². The lowest BCUT2D eigenvalue weighted by Gasteiger charge is -2.20. The maximum absolute atomic E-state index is 6.24. The fourth-order valence-electron chi connectivity index (χ4n) is 1.54. The Labute approximate surface area is 123 Å². The number of nitrogens with two attached hydrogens (primary N) is 1. The summed E-state index contributed by atoms with van der Waals surface area (Å²) in [6.07, 6.45) is 2.65. The lowest BCUT2D eigenvalue weighted by molar-refractivity contribution is 0.636. The number of thioether (sulfide) groups is 1. The van der Waals surface area contributed by atoms with Crippen molar-refractivity contribution >= 4 is 39.0 Å². The normalized spacial score (nSPS) is 14.7. The number of halogens is 1. The first-order valence-corrected chi connectivity index (χ1v) is 8.12. The largest absolute Gasteiger partial charge is 0.326 e. The van der Waals surface area contributed by atoms with Crippen molar-refractivity contribution in [2.45, 2.75) is 29.8 Å². The minimum Gasteiger partial charge on any atom is -0.326 e. The molecule has 0 saturated carbocycles. The van der Waals surface area contributed by atoms with E-state index >= 15 is 0 Å². The first-order chi connectivity index (χ1) is 8.61. The van der Waals surface area contributed by atoms with Crippen molar-refractivity contribution in [2.75, 3.05) is 0 Å². The van der Waals surface area contributed by atoms with Crippen molar-refractivity contribution in [2.24, 2.45) is 12.8 Å². The van der Waals surface area contributed by atoms with Gasteiger partial charge < -0.3 is 10.3 Å². The highest BCUT2D eigenvalue weighted by Gasteiger charge is 2.23. The van der Waals surface area contributed by atoms with Crippen molar-refractivity contribution in [3.05, 3.63) is 27.1 Å². The van der Waals surface area contributed by atoms with Gasteiger partial charge in [0, 0.05) is 18.0 Å². The van der Waals surface area contributed by atoms with Crippen LogP contribution in [0.1, 0.15) is 23.5 Å². The van der Waals surface area contributed by atoms with E-state index in [0.717, 1.165) is 15.4 Å². The topological polar surface area (TPSA) is 56.7 Å². The standard InChI is InChI=1S/C11H15BrN4S2/c1-3-7(13)10(8-4-5-9(12)17-8)18-11-15-14-6-16(11)2/h4-7,10H,3,13H2,1-2H3. The quantitative estimate of drug-likeness (QED) is 0.844. The SMILES string of the molecule is CCC(N)C(Sc1nncn1C)c1ccc(Br)s1. The third-order valence-corrected chi connectivity index (χ3v) is 5.93. The third kappa shape index (κ3) is 3.14. The van der Waals surface area contributed by atoms with Crippen LogP contribution >= 0.6 is 39.0 Å². The fraction of sp³-hybridized carbons (Fsp3) is 0.455. The van der Waals surface area contributed by atoms with Crippen LogP contribution in [0.2, 0.25) is 0 Å². The number of thiophene rings is 1. The molecule has 0 radical (unpaired) electrons. The van der Waals surface area contributed by atoms with Gasteiger partial charge >= 0.3 is 0 Å². The second-order valence-electron chi connectivity index (χ2n) is 3.98. The molecule has 2 N–H and O–H groups in total. The van der Waals surface area contributed by atoms with Gasteiger partial charge in [-0.25, -0.2) is 0 Å². The Kier molecular flexibility index (Phi) is 4.83. The van der Waals surface area contributed by atoms with E-state index in [2.05, 4.69) is 45.2 Å². The summed E-state index contributed by atoms with van der Waals surface area (Å²) in [5, 5.41) is 9.14. The molecular weight excluding hydrogens is 332 g/mol. The predicted octanol–water partition coefficient (Wildman–Crippen LogP) is 3.21. The van der Waals surface area contributed by atoms with Gasteiger partial charge in [-0.3, -0.25) is 0 Å². The molecule has 18 heavy (non-hydrogen) atoms. The Morgan fingerprint density at radius 3 is 2.83 bits per heavy atom. The number of aryl methyl sites for hydroxylation is 1. The summed E-state index contributed by atoms with van der Waals surface area (Å²) in [5.74, 6) is 0. The van der Waals surface area contributed by atoms with E-state index in [0.29, 0.717) is 0 Å². The molecule has 0 fully saturated rings. The summed E-state index contributed by atoms with van der Waals surface area (Å²) in [6.45, 7) is 2.11. The highest BCUT2D eigenvalue weighted by Crippen LogP contribution is 2.41. The smallest absolute Gasteiger partial charge is 0.191 e. The molecule has 0 bridgehead atoms. The monoisotopic (exact) mass is 346 g/mol. The molecule has 2 aromatic rings. The Morgan fingerprint density at radius 1 is 1.56 bits per heavy atom. The van der Waals surface area contributed by atoms with Crippen molar-refractivity contribution in [1.29, 1.82) is 0 Å². The van der Waals surface area contributed by atoms with E-state index in [1.807, 2.05) is 11.6 Å². The Bertz CT molecular complexity index is 511. The number of aromatic nitrogens is 3.